The summed E-state index contributed by atoms with van der Waals surface area (Å²) in [6.07, 6.45) is 2.09. The van der Waals surface area contributed by atoms with Gasteiger partial charge in [-0.2, -0.15) is 0 Å². The second-order valence-electron chi connectivity index (χ2n) is 7.11. The van der Waals surface area contributed by atoms with Gasteiger partial charge in [0, 0.05) is 6.08 Å². The maximum atomic E-state index is 12.3. The van der Waals surface area contributed by atoms with Crippen molar-refractivity contribution in [2.24, 2.45) is 0 Å². The molecule has 0 bridgehead atoms. The van der Waals surface area contributed by atoms with E-state index in [1.807, 2.05) is 0 Å². The molecule has 24 heavy (non-hydrogen) atoms. The summed E-state index contributed by atoms with van der Waals surface area (Å²) in [4.78, 5) is 23.6. The second-order valence-corrected chi connectivity index (χ2v) is 11.9. The zero-order valence-electron chi connectivity index (χ0n) is 15.5. The number of hydrogen-bond donors (Lipinski definition) is 1. The molecule has 0 saturated heterocycles. The molecule has 136 valence electrons. The maximum absolute atomic E-state index is 12.3. The number of carbonyl (C=O) groups is 2. The number of hydrogen-bond acceptors (Lipinski definition) is 5. The van der Waals surface area contributed by atoms with Crippen molar-refractivity contribution in [3.63, 3.8) is 0 Å². The molecule has 5 nitrogen and oxygen atoms in total. The van der Waals surface area contributed by atoms with Crippen molar-refractivity contribution >= 4 is 20.1 Å². The van der Waals surface area contributed by atoms with Gasteiger partial charge in [-0.05, 0) is 37.2 Å². The third-order valence-electron chi connectivity index (χ3n) is 4.13. The fourth-order valence-corrected chi connectivity index (χ4v) is 2.89. The van der Waals surface area contributed by atoms with Crippen LogP contribution in [-0.4, -0.2) is 43.5 Å². The molecule has 0 spiro atoms. The molecular formula is C18H30O5Si. The second kappa shape index (κ2) is 9.10. The van der Waals surface area contributed by atoms with Crippen molar-refractivity contribution in [1.29, 1.82) is 0 Å². The van der Waals surface area contributed by atoms with E-state index in [4.69, 9.17) is 9.16 Å². The molecule has 0 aliphatic heterocycles. The van der Waals surface area contributed by atoms with Crippen LogP contribution in [0.5, 0.6) is 0 Å². The minimum Gasteiger partial charge on any atom is -0.452 e. The highest BCUT2D eigenvalue weighted by Crippen LogP contribution is 2.37. The fraction of sp³-hybridized carbons (Fsp3) is 0.556. The zero-order valence-corrected chi connectivity index (χ0v) is 16.5. The van der Waals surface area contributed by atoms with Crippen molar-refractivity contribution in [1.82, 2.24) is 0 Å². The third kappa shape index (κ3) is 6.94. The van der Waals surface area contributed by atoms with Gasteiger partial charge in [0.05, 0.1) is 0 Å². The minimum absolute atomic E-state index is 0.00762. The Bertz CT molecular complexity index is 502. The average Bonchev–Trinajstić information content (AvgIpc) is 2.48. The molecule has 0 saturated carbocycles. The highest BCUT2D eigenvalue weighted by atomic mass is 28.4. The molecule has 6 heteroatoms. The van der Waals surface area contributed by atoms with E-state index in [0.29, 0.717) is 0 Å². The molecule has 1 N–H and O–H groups in total. The van der Waals surface area contributed by atoms with Crippen molar-refractivity contribution in [2.75, 3.05) is 0 Å². The van der Waals surface area contributed by atoms with E-state index in [0.717, 1.165) is 6.08 Å². The summed E-state index contributed by atoms with van der Waals surface area (Å²) in [5.41, 5.74) is 0. The number of rotatable bonds is 9. The van der Waals surface area contributed by atoms with Crippen LogP contribution in [0.3, 0.4) is 0 Å². The summed E-state index contributed by atoms with van der Waals surface area (Å²) in [5, 5.41) is 9.78. The number of ether oxygens (including phenoxy) is 1. The third-order valence-corrected chi connectivity index (χ3v) is 8.68. The first-order valence-corrected chi connectivity index (χ1v) is 10.8. The summed E-state index contributed by atoms with van der Waals surface area (Å²) in [6.45, 7) is 18.9. The molecule has 0 aromatic carbocycles. The van der Waals surface area contributed by atoms with E-state index in [-0.39, 0.29) is 10.8 Å². The van der Waals surface area contributed by atoms with Gasteiger partial charge in [0.25, 0.3) is 0 Å². The van der Waals surface area contributed by atoms with Crippen LogP contribution in [0.15, 0.2) is 37.5 Å². The maximum Gasteiger partial charge on any atom is 0.330 e. The molecule has 0 aromatic heterocycles. The lowest BCUT2D eigenvalue weighted by molar-refractivity contribution is -0.144. The lowest BCUT2D eigenvalue weighted by Crippen LogP contribution is -2.45. The normalized spacial score (nSPS) is 16.3. The Balaban J connectivity index is 5.02. The topological polar surface area (TPSA) is 72.8 Å². The van der Waals surface area contributed by atoms with Crippen molar-refractivity contribution in [2.45, 2.75) is 64.1 Å². The van der Waals surface area contributed by atoms with Crippen LogP contribution < -0.4 is 0 Å². The van der Waals surface area contributed by atoms with Gasteiger partial charge in [-0.1, -0.05) is 33.4 Å². The highest BCUT2D eigenvalue weighted by molar-refractivity contribution is 6.74. The Labute approximate surface area is 146 Å². The van der Waals surface area contributed by atoms with E-state index >= 15 is 0 Å². The standard InChI is InChI=1S/C18H30O5Si/c1-9-14(19)16(22-17(21)10-2)12-11-15(20)13(3)23-24(7,8)18(4,5)6/h9-14,16,19H,1-2H2,3-8H3/b12-11+/t13-,14-,16-/m0/s1. The predicted octanol–water partition coefficient (Wildman–Crippen LogP) is 3.17. The van der Waals surface area contributed by atoms with Gasteiger partial charge >= 0.3 is 5.97 Å². The van der Waals surface area contributed by atoms with Crippen LogP contribution in [0, 0.1) is 0 Å². The van der Waals surface area contributed by atoms with E-state index in [9.17, 15) is 14.7 Å². The Hall–Kier alpha value is -1.50. The molecule has 0 aromatic rings. The minimum atomic E-state index is -2.07. The van der Waals surface area contributed by atoms with Crippen molar-refractivity contribution in [3.8, 4) is 0 Å². The summed E-state index contributed by atoms with van der Waals surface area (Å²) >= 11 is 0. The molecule has 0 aliphatic carbocycles. The van der Waals surface area contributed by atoms with Crippen LogP contribution in [-0.2, 0) is 18.8 Å². The van der Waals surface area contributed by atoms with Gasteiger partial charge in [-0.25, -0.2) is 4.79 Å². The van der Waals surface area contributed by atoms with Gasteiger partial charge in [0.2, 0.25) is 0 Å². The molecule has 0 unspecified atom stereocenters. The van der Waals surface area contributed by atoms with Crippen LogP contribution >= 0.6 is 0 Å². The van der Waals surface area contributed by atoms with Gasteiger partial charge in [-0.15, -0.1) is 6.58 Å². The van der Waals surface area contributed by atoms with Crippen molar-refractivity contribution < 1.29 is 23.9 Å². The molecule has 0 amide bonds. The van der Waals surface area contributed by atoms with Gasteiger partial charge in [0.15, 0.2) is 20.2 Å². The molecule has 0 heterocycles. The smallest absolute Gasteiger partial charge is 0.330 e. The number of carbonyl (C=O) groups excluding carboxylic acids is 2. The quantitative estimate of drug-likeness (QED) is 0.298. The zero-order chi connectivity index (χ0) is 19.1. The lowest BCUT2D eigenvalue weighted by atomic mass is 10.1. The van der Waals surface area contributed by atoms with Gasteiger partial charge in [-0.3, -0.25) is 4.79 Å². The van der Waals surface area contributed by atoms with Crippen LogP contribution in [0.4, 0.5) is 0 Å². The summed E-state index contributed by atoms with van der Waals surface area (Å²) in [5.74, 6) is -0.945. The Morgan fingerprint density at radius 2 is 1.75 bits per heavy atom. The van der Waals surface area contributed by atoms with E-state index < -0.39 is 32.6 Å². The monoisotopic (exact) mass is 354 g/mol. The van der Waals surface area contributed by atoms with Crippen LogP contribution in [0.2, 0.25) is 18.1 Å². The predicted molar refractivity (Wildman–Crippen MR) is 98.2 cm³/mol. The van der Waals surface area contributed by atoms with E-state index in [2.05, 4.69) is 47.0 Å². The van der Waals surface area contributed by atoms with Crippen LogP contribution in [0.25, 0.3) is 0 Å². The number of aliphatic hydroxyl groups is 1. The first-order valence-electron chi connectivity index (χ1n) is 7.89. The van der Waals surface area contributed by atoms with Crippen molar-refractivity contribution in [3.05, 3.63) is 37.5 Å². The summed E-state index contributed by atoms with van der Waals surface area (Å²) in [7, 11) is -2.07. The molecular weight excluding hydrogens is 324 g/mol. The SMILES string of the molecule is C=CC(=O)O[C@@H](/C=C/C(=O)[C@H](C)O[Si](C)(C)C(C)(C)C)[C@@H](O)C=C. The molecule has 0 aliphatic rings. The lowest BCUT2D eigenvalue weighted by Gasteiger charge is -2.37. The van der Waals surface area contributed by atoms with Gasteiger partial charge in [0.1, 0.15) is 12.2 Å². The summed E-state index contributed by atoms with van der Waals surface area (Å²) in [6, 6.07) is 0. The Morgan fingerprint density at radius 3 is 2.17 bits per heavy atom. The Kier molecular flexibility index (Phi) is 8.53. The van der Waals surface area contributed by atoms with E-state index in [1.165, 1.54) is 18.2 Å². The largest absolute Gasteiger partial charge is 0.452 e. The Morgan fingerprint density at radius 1 is 1.21 bits per heavy atom. The molecule has 0 rings (SSSR count). The average molecular weight is 355 g/mol. The van der Waals surface area contributed by atoms with Gasteiger partial charge < -0.3 is 14.3 Å². The van der Waals surface area contributed by atoms with E-state index in [1.54, 1.807) is 6.92 Å². The van der Waals surface area contributed by atoms with Crippen LogP contribution in [0.1, 0.15) is 27.7 Å². The number of ketones is 1. The molecule has 0 fully saturated rings. The fourth-order valence-electron chi connectivity index (χ4n) is 1.54. The first-order chi connectivity index (χ1) is 10.9. The highest BCUT2D eigenvalue weighted by Gasteiger charge is 2.39. The molecule has 0 radical (unpaired) electrons. The number of aliphatic hydroxyl groups excluding tert-OH is 1. The molecule has 3 atom stereocenters. The summed E-state index contributed by atoms with van der Waals surface area (Å²) < 4.78 is 11.0. The number of esters is 1. The first kappa shape index (κ1) is 22.5.